The molecule has 0 aliphatic heterocycles. The molecule has 0 aliphatic carbocycles. The van der Waals surface area contributed by atoms with Crippen molar-refractivity contribution in [3.05, 3.63) is 39.5 Å². The van der Waals surface area contributed by atoms with Crippen molar-refractivity contribution in [2.45, 2.75) is 33.7 Å². The van der Waals surface area contributed by atoms with Gasteiger partial charge in [0.15, 0.2) is 0 Å². The first-order valence-electron chi connectivity index (χ1n) is 7.18. The topological polar surface area (TPSA) is 68.5 Å². The van der Waals surface area contributed by atoms with E-state index in [-0.39, 0.29) is 17.5 Å². The molecule has 6 nitrogen and oxygen atoms in total. The van der Waals surface area contributed by atoms with E-state index in [4.69, 9.17) is 20.9 Å². The molecule has 0 atom stereocenters. The Bertz CT molecular complexity index is 708. The molecule has 0 aliphatic rings. The Morgan fingerprint density at radius 2 is 2.09 bits per heavy atom. The SMILES string of the molecule is COc1c(C)cnc(CN(C)C(=O)Cc2c(C)noc2Cl)c1C. The van der Waals surface area contributed by atoms with E-state index in [1.54, 1.807) is 32.2 Å². The summed E-state index contributed by atoms with van der Waals surface area (Å²) < 4.78 is 10.3. The number of rotatable bonds is 5. The molecule has 2 rings (SSSR count). The van der Waals surface area contributed by atoms with Crippen LogP contribution >= 0.6 is 11.6 Å². The van der Waals surface area contributed by atoms with Crippen LogP contribution in [0.1, 0.15) is 28.1 Å². The molecular weight excluding hydrogens is 318 g/mol. The van der Waals surface area contributed by atoms with Gasteiger partial charge in [-0.3, -0.25) is 9.78 Å². The fourth-order valence-electron chi connectivity index (χ4n) is 2.39. The highest BCUT2D eigenvalue weighted by Crippen LogP contribution is 2.25. The molecule has 0 saturated heterocycles. The van der Waals surface area contributed by atoms with Crippen molar-refractivity contribution in [2.24, 2.45) is 0 Å². The minimum absolute atomic E-state index is 0.0843. The highest BCUT2D eigenvalue weighted by molar-refractivity contribution is 6.29. The third kappa shape index (κ3) is 3.64. The minimum atomic E-state index is -0.0843. The summed E-state index contributed by atoms with van der Waals surface area (Å²) in [5.74, 6) is 0.715. The Labute approximate surface area is 140 Å². The van der Waals surface area contributed by atoms with E-state index in [9.17, 15) is 4.79 Å². The van der Waals surface area contributed by atoms with Crippen molar-refractivity contribution in [3.8, 4) is 5.75 Å². The number of methoxy groups -OCH3 is 1. The van der Waals surface area contributed by atoms with Crippen molar-refractivity contribution in [1.29, 1.82) is 0 Å². The summed E-state index contributed by atoms with van der Waals surface area (Å²) in [4.78, 5) is 18.4. The predicted octanol–water partition coefficient (Wildman–Crippen LogP) is 2.86. The molecule has 0 radical (unpaired) electrons. The Balaban J connectivity index is 2.13. The van der Waals surface area contributed by atoms with Crippen LogP contribution in [-0.2, 0) is 17.8 Å². The number of halogens is 1. The van der Waals surface area contributed by atoms with E-state index in [0.29, 0.717) is 17.8 Å². The molecule has 2 aromatic rings. The molecule has 0 saturated carbocycles. The van der Waals surface area contributed by atoms with Gasteiger partial charge in [0.1, 0.15) is 5.75 Å². The van der Waals surface area contributed by atoms with Crippen LogP contribution in [0.4, 0.5) is 0 Å². The maximum atomic E-state index is 12.4. The van der Waals surface area contributed by atoms with Gasteiger partial charge in [0, 0.05) is 29.9 Å². The van der Waals surface area contributed by atoms with Gasteiger partial charge in [-0.2, -0.15) is 0 Å². The van der Waals surface area contributed by atoms with E-state index < -0.39 is 0 Å². The largest absolute Gasteiger partial charge is 0.496 e. The van der Waals surface area contributed by atoms with Gasteiger partial charge in [-0.25, -0.2) is 0 Å². The highest BCUT2D eigenvalue weighted by atomic mass is 35.5. The number of nitrogens with zero attached hydrogens (tertiary/aromatic N) is 3. The molecule has 0 bridgehead atoms. The summed E-state index contributed by atoms with van der Waals surface area (Å²) in [7, 11) is 3.36. The van der Waals surface area contributed by atoms with Crippen LogP contribution in [0.25, 0.3) is 0 Å². The van der Waals surface area contributed by atoms with Gasteiger partial charge in [0.05, 0.1) is 31.5 Å². The maximum absolute atomic E-state index is 12.4. The van der Waals surface area contributed by atoms with Crippen molar-refractivity contribution in [3.63, 3.8) is 0 Å². The van der Waals surface area contributed by atoms with Crippen molar-refractivity contribution < 1.29 is 14.1 Å². The third-order valence-corrected chi connectivity index (χ3v) is 4.12. The van der Waals surface area contributed by atoms with Crippen molar-refractivity contribution in [2.75, 3.05) is 14.2 Å². The Kier molecular flexibility index (Phi) is 5.26. The zero-order valence-electron chi connectivity index (χ0n) is 13.9. The van der Waals surface area contributed by atoms with Crippen molar-refractivity contribution >= 4 is 17.5 Å². The van der Waals surface area contributed by atoms with Crippen LogP contribution in [0.15, 0.2) is 10.7 Å². The molecule has 7 heteroatoms. The standard InChI is InChI=1S/C16H20ClN3O3/c1-9-7-18-13(10(2)15(9)22-5)8-20(4)14(21)6-12-11(3)19-23-16(12)17/h7H,6,8H2,1-5H3. The van der Waals surface area contributed by atoms with Gasteiger partial charge in [0.25, 0.3) is 0 Å². The van der Waals surface area contributed by atoms with Gasteiger partial charge < -0.3 is 14.2 Å². The summed E-state index contributed by atoms with van der Waals surface area (Å²) in [6.07, 6.45) is 1.90. The van der Waals surface area contributed by atoms with Gasteiger partial charge in [-0.05, 0) is 32.4 Å². The van der Waals surface area contributed by atoms with E-state index >= 15 is 0 Å². The van der Waals surface area contributed by atoms with Crippen LogP contribution in [0.5, 0.6) is 5.75 Å². The molecule has 23 heavy (non-hydrogen) atoms. The summed E-state index contributed by atoms with van der Waals surface area (Å²) in [6.45, 7) is 6.03. The molecule has 1 amide bonds. The van der Waals surface area contributed by atoms with Gasteiger partial charge in [0.2, 0.25) is 11.1 Å². The van der Waals surface area contributed by atoms with E-state index in [1.165, 1.54) is 0 Å². The monoisotopic (exact) mass is 337 g/mol. The second kappa shape index (κ2) is 7.00. The number of amides is 1. The number of pyridine rings is 1. The number of aromatic nitrogens is 2. The molecular formula is C16H20ClN3O3. The molecule has 2 heterocycles. The first-order chi connectivity index (χ1) is 10.8. The summed E-state index contributed by atoms with van der Waals surface area (Å²) in [5.41, 5.74) is 3.95. The lowest BCUT2D eigenvalue weighted by Gasteiger charge is -2.19. The van der Waals surface area contributed by atoms with E-state index in [0.717, 1.165) is 22.6 Å². The highest BCUT2D eigenvalue weighted by Gasteiger charge is 2.19. The van der Waals surface area contributed by atoms with Gasteiger partial charge >= 0.3 is 0 Å². The van der Waals surface area contributed by atoms with Gasteiger partial charge in [-0.1, -0.05) is 5.16 Å². The number of carbonyl (C=O) groups excluding carboxylic acids is 1. The lowest BCUT2D eigenvalue weighted by atomic mass is 10.1. The lowest BCUT2D eigenvalue weighted by Crippen LogP contribution is -2.28. The normalized spacial score (nSPS) is 10.7. The zero-order valence-corrected chi connectivity index (χ0v) is 14.7. The first kappa shape index (κ1) is 17.3. The average Bonchev–Trinajstić information content (AvgIpc) is 2.82. The lowest BCUT2D eigenvalue weighted by molar-refractivity contribution is -0.129. The fourth-order valence-corrected chi connectivity index (χ4v) is 2.63. The minimum Gasteiger partial charge on any atom is -0.496 e. The molecule has 124 valence electrons. The fraction of sp³-hybridized carbons (Fsp3) is 0.438. The van der Waals surface area contributed by atoms with Crippen LogP contribution in [0.3, 0.4) is 0 Å². The Morgan fingerprint density at radius 3 is 2.65 bits per heavy atom. The molecule has 0 spiro atoms. The smallest absolute Gasteiger partial charge is 0.229 e. The number of hydrogen-bond acceptors (Lipinski definition) is 5. The molecule has 0 aromatic carbocycles. The summed E-state index contributed by atoms with van der Waals surface area (Å²) in [6, 6.07) is 0. The molecule has 2 aromatic heterocycles. The second-order valence-electron chi connectivity index (χ2n) is 5.49. The molecule has 0 fully saturated rings. The quantitative estimate of drug-likeness (QED) is 0.839. The first-order valence-corrected chi connectivity index (χ1v) is 7.56. The Morgan fingerprint density at radius 1 is 1.39 bits per heavy atom. The second-order valence-corrected chi connectivity index (χ2v) is 5.84. The number of ether oxygens (including phenoxy) is 1. The van der Waals surface area contributed by atoms with Crippen LogP contribution in [0, 0.1) is 20.8 Å². The predicted molar refractivity (Wildman–Crippen MR) is 86.7 cm³/mol. The molecule has 0 unspecified atom stereocenters. The van der Waals surface area contributed by atoms with Crippen LogP contribution < -0.4 is 4.74 Å². The zero-order chi connectivity index (χ0) is 17.1. The third-order valence-electron chi connectivity index (χ3n) is 3.83. The van der Waals surface area contributed by atoms with Gasteiger partial charge in [-0.15, -0.1) is 0 Å². The van der Waals surface area contributed by atoms with Crippen LogP contribution in [0.2, 0.25) is 5.22 Å². The summed E-state index contributed by atoms with van der Waals surface area (Å²) >= 11 is 5.91. The van der Waals surface area contributed by atoms with Crippen LogP contribution in [-0.4, -0.2) is 35.1 Å². The number of likely N-dealkylation sites (N-methyl/N-ethyl adjacent to an activating group) is 1. The van der Waals surface area contributed by atoms with Crippen molar-refractivity contribution in [1.82, 2.24) is 15.0 Å². The number of aryl methyl sites for hydroxylation is 2. The number of carbonyl (C=O) groups is 1. The average molecular weight is 338 g/mol. The Hall–Kier alpha value is -2.08. The van der Waals surface area contributed by atoms with E-state index in [2.05, 4.69) is 10.1 Å². The number of hydrogen-bond donors (Lipinski definition) is 0. The van der Waals surface area contributed by atoms with E-state index in [1.807, 2.05) is 13.8 Å². The maximum Gasteiger partial charge on any atom is 0.229 e. The molecule has 0 N–H and O–H groups in total. The summed E-state index contributed by atoms with van der Waals surface area (Å²) in [5, 5.41) is 3.92.